The molecular weight excluding hydrogens is 248 g/mol. The number of fused-ring (bicyclic) bond motifs is 1. The molecule has 19 heavy (non-hydrogen) atoms. The minimum Gasteiger partial charge on any atom is -0.454 e. The fourth-order valence-electron chi connectivity index (χ4n) is 2.76. The van der Waals surface area contributed by atoms with Gasteiger partial charge in [-0.25, -0.2) is 0 Å². The van der Waals surface area contributed by atoms with E-state index in [0.717, 1.165) is 19.3 Å². The van der Waals surface area contributed by atoms with Crippen LogP contribution in [-0.4, -0.2) is 17.8 Å². The lowest BCUT2D eigenvalue weighted by Crippen LogP contribution is -2.16. The van der Waals surface area contributed by atoms with Crippen LogP contribution in [0.5, 0.6) is 11.5 Å². The Morgan fingerprint density at radius 1 is 1.32 bits per heavy atom. The molecule has 1 saturated carbocycles. The van der Waals surface area contributed by atoms with Crippen molar-refractivity contribution in [3.05, 3.63) is 22.2 Å². The molecule has 1 aromatic rings. The molecule has 1 fully saturated rings. The minimum absolute atomic E-state index is 0.0452. The first-order valence-corrected chi connectivity index (χ1v) is 6.48. The van der Waals surface area contributed by atoms with Gasteiger partial charge in [0.05, 0.1) is 11.0 Å². The van der Waals surface area contributed by atoms with Crippen LogP contribution >= 0.6 is 0 Å². The van der Waals surface area contributed by atoms with Gasteiger partial charge in [0.2, 0.25) is 6.79 Å². The smallest absolute Gasteiger partial charge is 0.296 e. The van der Waals surface area contributed by atoms with Gasteiger partial charge in [-0.3, -0.25) is 10.1 Å². The second-order valence-electron chi connectivity index (χ2n) is 5.24. The topological polar surface area (TPSA) is 73.6 Å². The van der Waals surface area contributed by atoms with Crippen LogP contribution in [0.15, 0.2) is 12.1 Å². The zero-order chi connectivity index (χ0) is 13.4. The summed E-state index contributed by atoms with van der Waals surface area (Å²) in [6.07, 6.45) is 3.26. The number of nitro groups is 1. The molecule has 1 heterocycles. The van der Waals surface area contributed by atoms with Crippen molar-refractivity contribution in [2.75, 3.05) is 12.1 Å². The summed E-state index contributed by atoms with van der Waals surface area (Å²) in [7, 11) is 0. The summed E-state index contributed by atoms with van der Waals surface area (Å²) in [5, 5.41) is 14.4. The molecule has 2 unspecified atom stereocenters. The minimum atomic E-state index is -0.386. The van der Waals surface area contributed by atoms with Crippen molar-refractivity contribution < 1.29 is 14.4 Å². The number of benzene rings is 1. The molecule has 0 radical (unpaired) electrons. The molecule has 6 nitrogen and oxygen atoms in total. The molecule has 0 aromatic heterocycles. The number of nitrogens with zero attached hydrogens (tertiary/aromatic N) is 1. The van der Waals surface area contributed by atoms with Crippen molar-refractivity contribution in [2.45, 2.75) is 32.2 Å². The number of nitrogens with one attached hydrogen (secondary N) is 1. The Balaban J connectivity index is 1.88. The molecule has 1 aliphatic carbocycles. The van der Waals surface area contributed by atoms with Gasteiger partial charge >= 0.3 is 0 Å². The van der Waals surface area contributed by atoms with E-state index in [4.69, 9.17) is 9.47 Å². The van der Waals surface area contributed by atoms with Crippen LogP contribution in [0.3, 0.4) is 0 Å². The molecule has 0 amide bonds. The van der Waals surface area contributed by atoms with Crippen LogP contribution in [0.25, 0.3) is 0 Å². The van der Waals surface area contributed by atoms with Crippen LogP contribution in [0.2, 0.25) is 0 Å². The van der Waals surface area contributed by atoms with Gasteiger partial charge in [-0.05, 0) is 25.2 Å². The number of anilines is 1. The van der Waals surface area contributed by atoms with Crippen molar-refractivity contribution in [1.82, 2.24) is 0 Å². The molecule has 2 aliphatic rings. The molecule has 3 rings (SSSR count). The molecule has 0 spiro atoms. The van der Waals surface area contributed by atoms with Gasteiger partial charge in [-0.2, -0.15) is 0 Å². The Kier molecular flexibility index (Phi) is 2.93. The van der Waals surface area contributed by atoms with Gasteiger partial charge in [0.1, 0.15) is 5.69 Å². The highest BCUT2D eigenvalue weighted by atomic mass is 16.7. The van der Waals surface area contributed by atoms with Gasteiger partial charge < -0.3 is 14.8 Å². The summed E-state index contributed by atoms with van der Waals surface area (Å²) >= 11 is 0. The lowest BCUT2D eigenvalue weighted by atomic mass is 10.1. The number of nitro benzene ring substituents is 1. The third-order valence-electron chi connectivity index (χ3n) is 3.74. The third kappa shape index (κ3) is 2.30. The average molecular weight is 264 g/mol. The van der Waals surface area contributed by atoms with Crippen molar-refractivity contribution in [2.24, 2.45) is 5.92 Å². The average Bonchev–Trinajstić information content (AvgIpc) is 2.96. The molecule has 1 N–H and O–H groups in total. The Morgan fingerprint density at radius 2 is 2.05 bits per heavy atom. The summed E-state index contributed by atoms with van der Waals surface area (Å²) in [4.78, 5) is 10.7. The van der Waals surface area contributed by atoms with Gasteiger partial charge in [-0.1, -0.05) is 6.92 Å². The van der Waals surface area contributed by atoms with Gasteiger partial charge in [-0.15, -0.1) is 0 Å². The Labute approximate surface area is 110 Å². The SMILES string of the molecule is CC1CCC(Nc2cc3c(cc2[N+](=O)[O-])OCO3)C1. The number of hydrogen-bond donors (Lipinski definition) is 1. The summed E-state index contributed by atoms with van der Waals surface area (Å²) in [6.45, 7) is 2.33. The fourth-order valence-corrected chi connectivity index (χ4v) is 2.76. The fraction of sp³-hybridized carbons (Fsp3) is 0.538. The van der Waals surface area contributed by atoms with E-state index in [2.05, 4.69) is 12.2 Å². The largest absolute Gasteiger partial charge is 0.454 e. The Hall–Kier alpha value is -1.98. The maximum Gasteiger partial charge on any atom is 0.296 e. The van der Waals surface area contributed by atoms with Gasteiger partial charge in [0.25, 0.3) is 5.69 Å². The lowest BCUT2D eigenvalue weighted by molar-refractivity contribution is -0.384. The summed E-state index contributed by atoms with van der Waals surface area (Å²) in [6, 6.07) is 3.40. The van der Waals surface area contributed by atoms with E-state index in [-0.39, 0.29) is 17.4 Å². The lowest BCUT2D eigenvalue weighted by Gasteiger charge is -2.14. The van der Waals surface area contributed by atoms with Crippen LogP contribution < -0.4 is 14.8 Å². The molecule has 0 saturated heterocycles. The van der Waals surface area contributed by atoms with Gasteiger partial charge in [0, 0.05) is 12.1 Å². The highest BCUT2D eigenvalue weighted by Gasteiger charge is 2.27. The maximum atomic E-state index is 11.1. The zero-order valence-electron chi connectivity index (χ0n) is 10.7. The molecule has 1 aliphatic heterocycles. The predicted octanol–water partition coefficient (Wildman–Crippen LogP) is 2.92. The Bertz CT molecular complexity index is 518. The molecule has 6 heteroatoms. The number of ether oxygens (including phenoxy) is 2. The van der Waals surface area contributed by atoms with Crippen molar-refractivity contribution >= 4 is 11.4 Å². The van der Waals surface area contributed by atoms with E-state index < -0.39 is 0 Å². The molecular formula is C13H16N2O4. The molecule has 2 atom stereocenters. The summed E-state index contributed by atoms with van der Waals surface area (Å²) in [5.74, 6) is 1.68. The van der Waals surface area contributed by atoms with E-state index in [0.29, 0.717) is 29.1 Å². The van der Waals surface area contributed by atoms with Crippen LogP contribution in [0, 0.1) is 16.0 Å². The molecule has 1 aromatic carbocycles. The van der Waals surface area contributed by atoms with E-state index >= 15 is 0 Å². The first-order chi connectivity index (χ1) is 9.13. The van der Waals surface area contributed by atoms with Crippen molar-refractivity contribution in [3.63, 3.8) is 0 Å². The van der Waals surface area contributed by atoms with Crippen LogP contribution in [0.1, 0.15) is 26.2 Å². The molecule has 102 valence electrons. The van der Waals surface area contributed by atoms with E-state index in [1.54, 1.807) is 6.07 Å². The zero-order valence-corrected chi connectivity index (χ0v) is 10.7. The standard InChI is InChI=1S/C13H16N2O4/c1-8-2-3-9(4-8)14-10-5-12-13(19-7-18-12)6-11(10)15(16)17/h5-6,8-9,14H,2-4,7H2,1H3. The summed E-state index contributed by atoms with van der Waals surface area (Å²) in [5.41, 5.74) is 0.567. The van der Waals surface area contributed by atoms with Crippen LogP contribution in [-0.2, 0) is 0 Å². The second kappa shape index (κ2) is 4.60. The number of rotatable bonds is 3. The Morgan fingerprint density at radius 3 is 2.68 bits per heavy atom. The summed E-state index contributed by atoms with van der Waals surface area (Å²) < 4.78 is 10.5. The first kappa shape index (κ1) is 12.1. The maximum absolute atomic E-state index is 11.1. The highest BCUT2D eigenvalue weighted by molar-refractivity contribution is 5.69. The predicted molar refractivity (Wildman–Crippen MR) is 69.6 cm³/mol. The van der Waals surface area contributed by atoms with Crippen LogP contribution in [0.4, 0.5) is 11.4 Å². The highest BCUT2D eigenvalue weighted by Crippen LogP contribution is 2.41. The molecule has 0 bridgehead atoms. The van der Waals surface area contributed by atoms with Gasteiger partial charge in [0.15, 0.2) is 11.5 Å². The monoisotopic (exact) mass is 264 g/mol. The van der Waals surface area contributed by atoms with E-state index in [1.165, 1.54) is 6.07 Å². The normalized spacial score (nSPS) is 24.5. The third-order valence-corrected chi connectivity index (χ3v) is 3.74. The van der Waals surface area contributed by atoms with E-state index in [1.807, 2.05) is 0 Å². The van der Waals surface area contributed by atoms with Crippen molar-refractivity contribution in [1.29, 1.82) is 0 Å². The second-order valence-corrected chi connectivity index (χ2v) is 5.24. The van der Waals surface area contributed by atoms with Crippen molar-refractivity contribution in [3.8, 4) is 11.5 Å². The number of hydrogen-bond acceptors (Lipinski definition) is 5. The van der Waals surface area contributed by atoms with E-state index in [9.17, 15) is 10.1 Å². The quantitative estimate of drug-likeness (QED) is 0.671. The first-order valence-electron chi connectivity index (χ1n) is 6.48.